The Morgan fingerprint density at radius 1 is 1.32 bits per heavy atom. The fraction of sp³-hybridized carbons (Fsp3) is 0.647. The van der Waals surface area contributed by atoms with Crippen molar-refractivity contribution in [2.45, 2.75) is 58.1 Å². The number of rotatable bonds is 4. The molecule has 3 unspecified atom stereocenters. The van der Waals surface area contributed by atoms with Crippen molar-refractivity contribution in [3.8, 4) is 0 Å². The molecule has 1 N–H and O–H groups in total. The Labute approximate surface area is 117 Å². The SMILES string of the molecule is CCC(O)c1ccccc1N(C)C1CCCC(C)C1. The van der Waals surface area contributed by atoms with Crippen LogP contribution in [0.15, 0.2) is 24.3 Å². The van der Waals surface area contributed by atoms with Gasteiger partial charge in [-0.1, -0.05) is 44.9 Å². The van der Waals surface area contributed by atoms with Crippen LogP contribution in [0.1, 0.15) is 57.6 Å². The molecular weight excluding hydrogens is 234 g/mol. The zero-order valence-electron chi connectivity index (χ0n) is 12.5. The Morgan fingerprint density at radius 3 is 2.74 bits per heavy atom. The van der Waals surface area contributed by atoms with Gasteiger partial charge in [0.05, 0.1) is 6.10 Å². The van der Waals surface area contributed by atoms with Crippen molar-refractivity contribution in [1.29, 1.82) is 0 Å². The number of nitrogens with zero attached hydrogens (tertiary/aromatic N) is 1. The van der Waals surface area contributed by atoms with Crippen LogP contribution < -0.4 is 4.90 Å². The van der Waals surface area contributed by atoms with Crippen LogP contribution in [-0.2, 0) is 0 Å². The molecule has 0 saturated heterocycles. The average Bonchev–Trinajstić information content (AvgIpc) is 2.45. The highest BCUT2D eigenvalue weighted by atomic mass is 16.3. The van der Waals surface area contributed by atoms with Gasteiger partial charge in [-0.25, -0.2) is 0 Å². The second kappa shape index (κ2) is 6.42. The number of para-hydroxylation sites is 1. The summed E-state index contributed by atoms with van der Waals surface area (Å²) in [6.07, 6.45) is 5.66. The van der Waals surface area contributed by atoms with E-state index in [1.807, 2.05) is 13.0 Å². The lowest BCUT2D eigenvalue weighted by Gasteiger charge is -2.37. The van der Waals surface area contributed by atoms with Crippen molar-refractivity contribution in [2.75, 3.05) is 11.9 Å². The smallest absolute Gasteiger partial charge is 0.0807 e. The first-order valence-electron chi connectivity index (χ1n) is 7.63. The highest BCUT2D eigenvalue weighted by molar-refractivity contribution is 5.54. The van der Waals surface area contributed by atoms with Gasteiger partial charge in [-0.2, -0.15) is 0 Å². The lowest BCUT2D eigenvalue weighted by atomic mass is 9.86. The van der Waals surface area contributed by atoms with E-state index in [4.69, 9.17) is 0 Å². The first-order valence-corrected chi connectivity index (χ1v) is 7.63. The van der Waals surface area contributed by atoms with Gasteiger partial charge < -0.3 is 10.0 Å². The molecule has 106 valence electrons. The molecule has 1 aliphatic carbocycles. The molecule has 1 fully saturated rings. The molecule has 1 saturated carbocycles. The van der Waals surface area contributed by atoms with Gasteiger partial charge in [0.25, 0.3) is 0 Å². The summed E-state index contributed by atoms with van der Waals surface area (Å²) < 4.78 is 0. The average molecular weight is 261 g/mol. The lowest BCUT2D eigenvalue weighted by Crippen LogP contribution is -2.36. The second-order valence-electron chi connectivity index (χ2n) is 6.02. The summed E-state index contributed by atoms with van der Waals surface area (Å²) in [6, 6.07) is 8.92. The van der Waals surface area contributed by atoms with E-state index < -0.39 is 0 Å². The maximum absolute atomic E-state index is 10.2. The summed E-state index contributed by atoms with van der Waals surface area (Å²) in [7, 11) is 2.18. The predicted octanol–water partition coefficient (Wildman–Crippen LogP) is 4.14. The molecule has 0 aliphatic heterocycles. The molecule has 19 heavy (non-hydrogen) atoms. The lowest BCUT2D eigenvalue weighted by molar-refractivity contribution is 0.174. The molecule has 0 spiro atoms. The third-order valence-electron chi connectivity index (χ3n) is 4.52. The van der Waals surface area contributed by atoms with Crippen molar-refractivity contribution in [3.63, 3.8) is 0 Å². The number of hydrogen-bond acceptors (Lipinski definition) is 2. The molecule has 0 amide bonds. The highest BCUT2D eigenvalue weighted by Gasteiger charge is 2.24. The second-order valence-corrected chi connectivity index (χ2v) is 6.02. The van der Waals surface area contributed by atoms with E-state index in [1.165, 1.54) is 31.4 Å². The summed E-state index contributed by atoms with van der Waals surface area (Å²) in [6.45, 7) is 4.39. The summed E-state index contributed by atoms with van der Waals surface area (Å²) >= 11 is 0. The van der Waals surface area contributed by atoms with Crippen LogP contribution in [0.3, 0.4) is 0 Å². The van der Waals surface area contributed by atoms with Gasteiger partial charge in [0.1, 0.15) is 0 Å². The molecule has 3 atom stereocenters. The Balaban J connectivity index is 2.20. The summed E-state index contributed by atoms with van der Waals surface area (Å²) in [4.78, 5) is 2.39. The fourth-order valence-corrected chi connectivity index (χ4v) is 3.26. The third kappa shape index (κ3) is 3.30. The van der Waals surface area contributed by atoms with E-state index in [-0.39, 0.29) is 6.10 Å². The molecule has 1 aliphatic rings. The molecular formula is C17H27NO. The molecule has 1 aromatic rings. The Morgan fingerprint density at radius 2 is 2.05 bits per heavy atom. The minimum atomic E-state index is -0.348. The summed E-state index contributed by atoms with van der Waals surface area (Å²) in [5.41, 5.74) is 2.28. The van der Waals surface area contributed by atoms with E-state index in [2.05, 4.69) is 37.1 Å². The largest absolute Gasteiger partial charge is 0.388 e. The number of anilines is 1. The van der Waals surface area contributed by atoms with Crippen LogP contribution in [0, 0.1) is 5.92 Å². The van der Waals surface area contributed by atoms with E-state index >= 15 is 0 Å². The van der Waals surface area contributed by atoms with Crippen molar-refractivity contribution in [2.24, 2.45) is 5.92 Å². The van der Waals surface area contributed by atoms with Crippen LogP contribution in [0.5, 0.6) is 0 Å². The van der Waals surface area contributed by atoms with Crippen molar-refractivity contribution in [3.05, 3.63) is 29.8 Å². The van der Waals surface area contributed by atoms with Gasteiger partial charge in [-0.05, 0) is 31.2 Å². The van der Waals surface area contributed by atoms with E-state index in [0.29, 0.717) is 6.04 Å². The van der Waals surface area contributed by atoms with Crippen molar-refractivity contribution < 1.29 is 5.11 Å². The molecule has 1 aromatic carbocycles. The minimum Gasteiger partial charge on any atom is -0.388 e. The van der Waals surface area contributed by atoms with Gasteiger partial charge in [-0.3, -0.25) is 0 Å². The number of benzene rings is 1. The Hall–Kier alpha value is -1.02. The van der Waals surface area contributed by atoms with E-state index in [1.54, 1.807) is 0 Å². The van der Waals surface area contributed by atoms with Gasteiger partial charge in [0, 0.05) is 24.3 Å². The van der Waals surface area contributed by atoms with Crippen molar-refractivity contribution in [1.82, 2.24) is 0 Å². The van der Waals surface area contributed by atoms with Crippen LogP contribution in [0.2, 0.25) is 0 Å². The normalized spacial score (nSPS) is 25.1. The molecule has 0 radical (unpaired) electrons. The van der Waals surface area contributed by atoms with Gasteiger partial charge in [-0.15, -0.1) is 0 Å². The summed E-state index contributed by atoms with van der Waals surface area (Å²) in [5, 5.41) is 10.2. The zero-order valence-corrected chi connectivity index (χ0v) is 12.5. The third-order valence-corrected chi connectivity index (χ3v) is 4.52. The molecule has 0 aromatic heterocycles. The van der Waals surface area contributed by atoms with E-state index in [9.17, 15) is 5.11 Å². The monoisotopic (exact) mass is 261 g/mol. The van der Waals surface area contributed by atoms with Gasteiger partial charge in [0.2, 0.25) is 0 Å². The standard InChI is InChI=1S/C17H27NO/c1-4-17(19)15-10-5-6-11-16(15)18(3)14-9-7-8-13(2)12-14/h5-6,10-11,13-14,17,19H,4,7-9,12H2,1-3H3. The quantitative estimate of drug-likeness (QED) is 0.880. The predicted molar refractivity (Wildman–Crippen MR) is 81.5 cm³/mol. The maximum atomic E-state index is 10.2. The molecule has 2 rings (SSSR count). The number of aliphatic hydroxyl groups excluding tert-OH is 1. The van der Waals surface area contributed by atoms with Crippen LogP contribution in [-0.4, -0.2) is 18.2 Å². The molecule has 0 bridgehead atoms. The number of aliphatic hydroxyl groups is 1. The van der Waals surface area contributed by atoms with Crippen LogP contribution in [0.4, 0.5) is 5.69 Å². The Kier molecular flexibility index (Phi) is 4.87. The Bertz CT molecular complexity index is 404. The first kappa shape index (κ1) is 14.4. The highest BCUT2D eigenvalue weighted by Crippen LogP contribution is 2.33. The molecule has 2 nitrogen and oxygen atoms in total. The van der Waals surface area contributed by atoms with Crippen LogP contribution >= 0.6 is 0 Å². The maximum Gasteiger partial charge on any atom is 0.0807 e. The topological polar surface area (TPSA) is 23.5 Å². The number of hydrogen-bond donors (Lipinski definition) is 1. The van der Waals surface area contributed by atoms with Crippen LogP contribution in [0.25, 0.3) is 0 Å². The molecule has 0 heterocycles. The van der Waals surface area contributed by atoms with Crippen molar-refractivity contribution >= 4 is 5.69 Å². The first-order chi connectivity index (χ1) is 9.13. The zero-order chi connectivity index (χ0) is 13.8. The van der Waals surface area contributed by atoms with Gasteiger partial charge >= 0.3 is 0 Å². The summed E-state index contributed by atoms with van der Waals surface area (Å²) in [5.74, 6) is 0.824. The van der Waals surface area contributed by atoms with Gasteiger partial charge in [0.15, 0.2) is 0 Å². The molecule has 2 heteroatoms. The fourth-order valence-electron chi connectivity index (χ4n) is 3.26. The van der Waals surface area contributed by atoms with E-state index in [0.717, 1.165) is 17.9 Å². The minimum absolute atomic E-state index is 0.348.